The number of hydrogen-bond acceptors (Lipinski definition) is 4. The number of benzene rings is 1. The van der Waals surface area contributed by atoms with Crippen LogP contribution in [0.2, 0.25) is 0 Å². The van der Waals surface area contributed by atoms with Crippen LogP contribution in [0.3, 0.4) is 0 Å². The number of likely N-dealkylation sites (N-methyl/N-ethyl adjacent to an activating group) is 1. The van der Waals surface area contributed by atoms with Gasteiger partial charge in [0.15, 0.2) is 0 Å². The number of rotatable bonds is 4. The number of fused-ring (bicyclic) bond motifs is 1. The van der Waals surface area contributed by atoms with Gasteiger partial charge in [-0.3, -0.25) is 4.68 Å². The highest BCUT2D eigenvalue weighted by atomic mass is 32.2. The summed E-state index contributed by atoms with van der Waals surface area (Å²) in [6.45, 7) is 3.73. The first kappa shape index (κ1) is 20.7. The van der Waals surface area contributed by atoms with Gasteiger partial charge in [0.1, 0.15) is 4.90 Å². The molecule has 4 rings (SSSR count). The van der Waals surface area contributed by atoms with Crippen LogP contribution in [0.4, 0.5) is 13.2 Å². The van der Waals surface area contributed by atoms with E-state index in [0.717, 1.165) is 28.2 Å². The van der Waals surface area contributed by atoms with E-state index in [2.05, 4.69) is 10.00 Å². The van der Waals surface area contributed by atoms with E-state index in [9.17, 15) is 21.6 Å². The SMILES string of the molecule is CCn1cc(S(=O)(=O)n2cc(C3=CCN(C)CC3)c3cc(C(F)(F)F)ccc32)cn1. The molecule has 3 heterocycles. The fourth-order valence-electron chi connectivity index (χ4n) is 3.61. The molecular weight excluding hydrogens is 417 g/mol. The van der Waals surface area contributed by atoms with Crippen molar-refractivity contribution >= 4 is 26.5 Å². The zero-order chi connectivity index (χ0) is 21.7. The standard InChI is InChI=1S/C20H21F3N4O2S/c1-3-26-12-16(11-24-26)30(28,29)27-13-18(14-6-8-25(2)9-7-14)17-10-15(20(21,22)23)4-5-19(17)27/h4-6,10-13H,3,7-9H2,1-2H3. The molecule has 0 saturated heterocycles. The van der Waals surface area contributed by atoms with Gasteiger partial charge in [-0.05, 0) is 44.2 Å². The summed E-state index contributed by atoms with van der Waals surface area (Å²) in [6, 6.07) is 3.17. The molecular formula is C20H21F3N4O2S. The van der Waals surface area contributed by atoms with Crippen LogP contribution in [0.25, 0.3) is 16.5 Å². The van der Waals surface area contributed by atoms with Crippen molar-refractivity contribution in [3.05, 3.63) is 54.0 Å². The molecule has 0 radical (unpaired) electrons. The Kier molecular flexibility index (Phi) is 5.01. The predicted molar refractivity (Wildman–Crippen MR) is 108 cm³/mol. The Morgan fingerprint density at radius 1 is 1.20 bits per heavy atom. The fourth-order valence-corrected chi connectivity index (χ4v) is 4.94. The van der Waals surface area contributed by atoms with E-state index in [1.165, 1.54) is 29.3 Å². The highest BCUT2D eigenvalue weighted by Gasteiger charge is 2.32. The minimum atomic E-state index is -4.52. The highest BCUT2D eigenvalue weighted by molar-refractivity contribution is 7.90. The molecule has 1 aliphatic rings. The van der Waals surface area contributed by atoms with E-state index >= 15 is 0 Å². The van der Waals surface area contributed by atoms with Crippen molar-refractivity contribution in [3.63, 3.8) is 0 Å². The van der Waals surface area contributed by atoms with E-state index in [0.29, 0.717) is 25.1 Å². The van der Waals surface area contributed by atoms with Crippen LogP contribution in [0.1, 0.15) is 24.5 Å². The van der Waals surface area contributed by atoms with Crippen LogP contribution < -0.4 is 0 Å². The first-order valence-electron chi connectivity index (χ1n) is 9.49. The molecule has 0 spiro atoms. The van der Waals surface area contributed by atoms with Gasteiger partial charge >= 0.3 is 6.18 Å². The second kappa shape index (κ2) is 7.28. The number of aryl methyl sites for hydroxylation is 1. The molecule has 0 amide bonds. The maximum atomic E-state index is 13.3. The van der Waals surface area contributed by atoms with Gasteiger partial charge in [0, 0.05) is 43.0 Å². The Hall–Kier alpha value is -2.59. The van der Waals surface area contributed by atoms with Gasteiger partial charge in [-0.25, -0.2) is 12.4 Å². The molecule has 6 nitrogen and oxygen atoms in total. The van der Waals surface area contributed by atoms with Gasteiger partial charge in [0.05, 0.1) is 17.3 Å². The average molecular weight is 438 g/mol. The molecule has 0 saturated carbocycles. The molecule has 0 N–H and O–H groups in total. The number of aromatic nitrogens is 3. The predicted octanol–water partition coefficient (Wildman–Crippen LogP) is 3.83. The topological polar surface area (TPSA) is 60.1 Å². The quantitative estimate of drug-likeness (QED) is 0.621. The molecule has 1 aliphatic heterocycles. The highest BCUT2D eigenvalue weighted by Crippen LogP contribution is 2.37. The van der Waals surface area contributed by atoms with Gasteiger partial charge < -0.3 is 4.90 Å². The normalized spacial score (nSPS) is 16.2. The molecule has 2 aromatic heterocycles. The summed E-state index contributed by atoms with van der Waals surface area (Å²) in [5, 5.41) is 4.29. The molecule has 0 fully saturated rings. The third-order valence-electron chi connectivity index (χ3n) is 5.35. The average Bonchev–Trinajstić information content (AvgIpc) is 3.33. The lowest BCUT2D eigenvalue weighted by atomic mass is 9.98. The minimum absolute atomic E-state index is 0.00921. The Labute approximate surface area is 172 Å². The first-order chi connectivity index (χ1) is 14.1. The van der Waals surface area contributed by atoms with Gasteiger partial charge in [-0.1, -0.05) is 6.08 Å². The zero-order valence-electron chi connectivity index (χ0n) is 16.5. The number of hydrogen-bond donors (Lipinski definition) is 0. The van der Waals surface area contributed by atoms with Gasteiger partial charge in [-0.15, -0.1) is 0 Å². The van der Waals surface area contributed by atoms with E-state index in [1.807, 2.05) is 20.0 Å². The second-order valence-corrected chi connectivity index (χ2v) is 9.16. The Morgan fingerprint density at radius 2 is 1.97 bits per heavy atom. The molecule has 1 aromatic carbocycles. The Bertz CT molecular complexity index is 1240. The smallest absolute Gasteiger partial charge is 0.302 e. The van der Waals surface area contributed by atoms with Crippen LogP contribution >= 0.6 is 0 Å². The summed E-state index contributed by atoms with van der Waals surface area (Å²) in [5.74, 6) is 0. The summed E-state index contributed by atoms with van der Waals surface area (Å²) in [6.07, 6.45) is 2.14. The van der Waals surface area contributed by atoms with E-state index in [4.69, 9.17) is 0 Å². The molecule has 0 bridgehead atoms. The molecule has 30 heavy (non-hydrogen) atoms. The summed E-state index contributed by atoms with van der Waals surface area (Å²) >= 11 is 0. The maximum Gasteiger partial charge on any atom is 0.416 e. The van der Waals surface area contributed by atoms with Crippen molar-refractivity contribution in [2.24, 2.45) is 0 Å². The van der Waals surface area contributed by atoms with Crippen molar-refractivity contribution in [1.82, 2.24) is 18.7 Å². The third-order valence-corrected chi connectivity index (χ3v) is 6.97. The number of alkyl halides is 3. The lowest BCUT2D eigenvalue weighted by Crippen LogP contribution is -2.23. The van der Waals surface area contributed by atoms with Crippen LogP contribution in [0.5, 0.6) is 0 Å². The van der Waals surface area contributed by atoms with E-state index < -0.39 is 21.8 Å². The number of halogens is 3. The summed E-state index contributed by atoms with van der Waals surface area (Å²) in [4.78, 5) is 2.07. The largest absolute Gasteiger partial charge is 0.416 e. The van der Waals surface area contributed by atoms with Crippen LogP contribution in [0, 0.1) is 0 Å². The lowest BCUT2D eigenvalue weighted by Gasteiger charge is -2.21. The molecule has 160 valence electrons. The van der Waals surface area contributed by atoms with Crippen LogP contribution in [-0.4, -0.2) is 47.2 Å². The molecule has 10 heteroatoms. The summed E-state index contributed by atoms with van der Waals surface area (Å²) < 4.78 is 69.1. The maximum absolute atomic E-state index is 13.3. The van der Waals surface area contributed by atoms with Crippen molar-refractivity contribution in [3.8, 4) is 0 Å². The van der Waals surface area contributed by atoms with Gasteiger partial charge in [-0.2, -0.15) is 18.3 Å². The fraction of sp³-hybridized carbons (Fsp3) is 0.350. The third kappa shape index (κ3) is 3.54. The zero-order valence-corrected chi connectivity index (χ0v) is 17.3. The van der Waals surface area contributed by atoms with Gasteiger partial charge in [0.2, 0.25) is 0 Å². The summed E-state index contributed by atoms with van der Waals surface area (Å²) in [5.41, 5.74) is 0.757. The second-order valence-electron chi connectivity index (χ2n) is 7.35. The Balaban J connectivity index is 1.94. The van der Waals surface area contributed by atoms with Crippen molar-refractivity contribution in [2.75, 3.05) is 20.1 Å². The van der Waals surface area contributed by atoms with Crippen molar-refractivity contribution in [1.29, 1.82) is 0 Å². The Morgan fingerprint density at radius 3 is 2.57 bits per heavy atom. The molecule has 0 atom stereocenters. The van der Waals surface area contributed by atoms with E-state index in [-0.39, 0.29) is 15.8 Å². The first-order valence-corrected chi connectivity index (χ1v) is 10.9. The lowest BCUT2D eigenvalue weighted by molar-refractivity contribution is -0.137. The number of nitrogens with zero attached hydrogens (tertiary/aromatic N) is 4. The minimum Gasteiger partial charge on any atom is -0.302 e. The van der Waals surface area contributed by atoms with Crippen LogP contribution in [0.15, 0.2) is 47.8 Å². The van der Waals surface area contributed by atoms with Crippen molar-refractivity contribution < 1.29 is 21.6 Å². The monoisotopic (exact) mass is 438 g/mol. The molecule has 3 aromatic rings. The van der Waals surface area contributed by atoms with Crippen molar-refractivity contribution in [2.45, 2.75) is 31.0 Å². The van der Waals surface area contributed by atoms with Crippen LogP contribution in [-0.2, 0) is 22.7 Å². The van der Waals surface area contributed by atoms with E-state index in [1.54, 1.807) is 0 Å². The summed E-state index contributed by atoms with van der Waals surface area (Å²) in [7, 11) is -2.06. The van der Waals surface area contributed by atoms with Gasteiger partial charge in [0.25, 0.3) is 10.0 Å². The molecule has 0 unspecified atom stereocenters. The molecule has 0 aliphatic carbocycles.